The Morgan fingerprint density at radius 1 is 0.900 bits per heavy atom. The Hall–Kier alpha value is -2.02. The molecule has 8 heteroatoms. The highest BCUT2D eigenvalue weighted by Gasteiger charge is 2.27. The van der Waals surface area contributed by atoms with Gasteiger partial charge in [-0.2, -0.15) is 0 Å². The van der Waals surface area contributed by atoms with Gasteiger partial charge >= 0.3 is 0 Å². The Bertz CT molecular complexity index is 690. The molecule has 2 nitrogen and oxygen atoms in total. The molecule has 0 fully saturated rings. The zero-order valence-corrected chi connectivity index (χ0v) is 10.1. The average molecular weight is 308 g/mol. The van der Waals surface area contributed by atoms with Gasteiger partial charge in [-0.05, 0) is 12.1 Å². The molecule has 1 heterocycles. The van der Waals surface area contributed by atoms with Gasteiger partial charge in [-0.1, -0.05) is 11.6 Å². The molecule has 0 atom stereocenters. The van der Waals surface area contributed by atoms with Crippen LogP contribution in [0.25, 0.3) is 11.3 Å². The molecule has 0 aliphatic carbocycles. The Morgan fingerprint density at radius 2 is 1.40 bits per heavy atom. The molecule has 0 aliphatic heterocycles. The van der Waals surface area contributed by atoms with Crippen molar-refractivity contribution in [2.75, 3.05) is 0 Å². The fourth-order valence-electron chi connectivity index (χ4n) is 1.54. The molecule has 0 unspecified atom stereocenters. The highest BCUT2D eigenvalue weighted by molar-refractivity contribution is 6.29. The van der Waals surface area contributed by atoms with E-state index in [1.807, 2.05) is 0 Å². The van der Waals surface area contributed by atoms with E-state index in [-0.39, 0.29) is 10.7 Å². The second kappa shape index (κ2) is 5.16. The van der Waals surface area contributed by atoms with Crippen LogP contribution in [0.2, 0.25) is 5.15 Å². The Balaban J connectivity index is 2.83. The van der Waals surface area contributed by atoms with Gasteiger partial charge in [-0.25, -0.2) is 26.9 Å². The van der Waals surface area contributed by atoms with Gasteiger partial charge in [0.2, 0.25) is 5.82 Å². The predicted octanol–water partition coefficient (Wildman–Crippen LogP) is 3.91. The molecule has 2 aromatic rings. The van der Waals surface area contributed by atoms with E-state index in [0.717, 1.165) is 12.1 Å². The minimum atomic E-state index is -2.28. The SMILES string of the molecule is O=Cc1cc(Cl)nc(-c2c(F)c(F)c(F)c(F)c2F)c1. The van der Waals surface area contributed by atoms with Crippen LogP contribution in [0.3, 0.4) is 0 Å². The van der Waals surface area contributed by atoms with Crippen LogP contribution < -0.4 is 0 Å². The van der Waals surface area contributed by atoms with Gasteiger partial charge in [-0.3, -0.25) is 4.79 Å². The molecule has 0 spiro atoms. The quantitative estimate of drug-likeness (QED) is 0.277. The lowest BCUT2D eigenvalue weighted by molar-refractivity contribution is 0.112. The van der Waals surface area contributed by atoms with Crippen LogP contribution in [0, 0.1) is 29.1 Å². The second-order valence-electron chi connectivity index (χ2n) is 3.67. The number of halogens is 6. The third-order valence-corrected chi connectivity index (χ3v) is 2.61. The van der Waals surface area contributed by atoms with E-state index >= 15 is 0 Å². The molecule has 0 saturated carbocycles. The van der Waals surface area contributed by atoms with E-state index in [0.29, 0.717) is 6.29 Å². The number of benzene rings is 1. The van der Waals surface area contributed by atoms with Crippen molar-refractivity contribution >= 4 is 17.9 Å². The Labute approximate surface area is 113 Å². The van der Waals surface area contributed by atoms with Crippen LogP contribution in [0.15, 0.2) is 12.1 Å². The van der Waals surface area contributed by atoms with Crippen LogP contribution >= 0.6 is 11.6 Å². The van der Waals surface area contributed by atoms with Crippen LogP contribution in [-0.2, 0) is 0 Å². The molecule has 0 amide bonds. The van der Waals surface area contributed by atoms with E-state index in [1.54, 1.807) is 0 Å². The minimum absolute atomic E-state index is 0.121. The molecule has 0 radical (unpaired) electrons. The van der Waals surface area contributed by atoms with Gasteiger partial charge in [0.15, 0.2) is 23.3 Å². The molecule has 0 saturated heterocycles. The van der Waals surface area contributed by atoms with Gasteiger partial charge in [0.05, 0.1) is 11.3 Å². The predicted molar refractivity (Wildman–Crippen MR) is 59.9 cm³/mol. The summed E-state index contributed by atoms with van der Waals surface area (Å²) >= 11 is 5.52. The number of carbonyl (C=O) groups is 1. The van der Waals surface area contributed by atoms with Crippen molar-refractivity contribution in [2.45, 2.75) is 0 Å². The molecule has 1 aromatic carbocycles. The van der Waals surface area contributed by atoms with Crippen molar-refractivity contribution in [1.29, 1.82) is 0 Å². The summed E-state index contributed by atoms with van der Waals surface area (Å²) in [5, 5.41) is -0.325. The topological polar surface area (TPSA) is 30.0 Å². The van der Waals surface area contributed by atoms with Crippen LogP contribution in [0.1, 0.15) is 10.4 Å². The summed E-state index contributed by atoms with van der Waals surface area (Å²) in [6.45, 7) is 0. The molecule has 0 bridgehead atoms. The number of aromatic nitrogens is 1. The van der Waals surface area contributed by atoms with Gasteiger partial charge in [-0.15, -0.1) is 0 Å². The first-order valence-corrected chi connectivity index (χ1v) is 5.39. The zero-order chi connectivity index (χ0) is 15.0. The van der Waals surface area contributed by atoms with E-state index in [1.165, 1.54) is 0 Å². The number of carbonyl (C=O) groups excluding carboxylic acids is 1. The maximum Gasteiger partial charge on any atom is 0.200 e. The molecule has 0 aliphatic rings. The highest BCUT2D eigenvalue weighted by atomic mass is 35.5. The van der Waals surface area contributed by atoms with E-state index in [2.05, 4.69) is 4.98 Å². The van der Waals surface area contributed by atoms with Crippen molar-refractivity contribution in [2.24, 2.45) is 0 Å². The number of hydrogen-bond acceptors (Lipinski definition) is 2. The fraction of sp³-hybridized carbons (Fsp3) is 0. The van der Waals surface area contributed by atoms with E-state index in [9.17, 15) is 26.7 Å². The van der Waals surface area contributed by atoms with Crippen molar-refractivity contribution < 1.29 is 26.7 Å². The highest BCUT2D eigenvalue weighted by Crippen LogP contribution is 2.31. The van der Waals surface area contributed by atoms with Crippen LogP contribution in [0.4, 0.5) is 22.0 Å². The van der Waals surface area contributed by atoms with Gasteiger partial charge < -0.3 is 0 Å². The first-order valence-electron chi connectivity index (χ1n) is 5.01. The maximum absolute atomic E-state index is 13.6. The number of nitrogens with zero attached hydrogens (tertiary/aromatic N) is 1. The molecule has 104 valence electrons. The first kappa shape index (κ1) is 14.4. The van der Waals surface area contributed by atoms with E-state index < -0.39 is 40.3 Å². The summed E-state index contributed by atoms with van der Waals surface area (Å²) in [7, 11) is 0. The second-order valence-corrected chi connectivity index (χ2v) is 4.06. The lowest BCUT2D eigenvalue weighted by Crippen LogP contribution is -2.05. The first-order chi connectivity index (χ1) is 9.36. The average Bonchev–Trinajstić information content (AvgIpc) is 2.42. The number of rotatable bonds is 2. The van der Waals surface area contributed by atoms with Crippen molar-refractivity contribution in [3.63, 3.8) is 0 Å². The van der Waals surface area contributed by atoms with Gasteiger partial charge in [0.25, 0.3) is 0 Å². The van der Waals surface area contributed by atoms with Crippen LogP contribution in [-0.4, -0.2) is 11.3 Å². The largest absolute Gasteiger partial charge is 0.298 e. The fourth-order valence-corrected chi connectivity index (χ4v) is 1.76. The summed E-state index contributed by atoms with van der Waals surface area (Å²) in [5.74, 6) is -10.6. The number of aldehydes is 1. The number of hydrogen-bond donors (Lipinski definition) is 0. The maximum atomic E-state index is 13.6. The Kier molecular flexibility index (Phi) is 3.71. The number of pyridine rings is 1. The van der Waals surface area contributed by atoms with Crippen molar-refractivity contribution in [1.82, 2.24) is 4.98 Å². The lowest BCUT2D eigenvalue weighted by Gasteiger charge is -2.08. The summed E-state index contributed by atoms with van der Waals surface area (Å²) in [6, 6.07) is 1.93. The van der Waals surface area contributed by atoms with Gasteiger partial charge in [0.1, 0.15) is 11.4 Å². The molecular weight excluding hydrogens is 305 g/mol. The molecule has 0 N–H and O–H groups in total. The molecule has 2 rings (SSSR count). The minimum Gasteiger partial charge on any atom is -0.298 e. The zero-order valence-electron chi connectivity index (χ0n) is 9.36. The Morgan fingerprint density at radius 3 is 1.90 bits per heavy atom. The third kappa shape index (κ3) is 2.24. The molecular formula is C12H3ClF5NO. The van der Waals surface area contributed by atoms with E-state index in [4.69, 9.17) is 11.6 Å². The van der Waals surface area contributed by atoms with Gasteiger partial charge in [0, 0.05) is 5.56 Å². The normalized spacial score (nSPS) is 10.7. The van der Waals surface area contributed by atoms with Crippen molar-refractivity contribution in [3.8, 4) is 11.3 Å². The molecule has 20 heavy (non-hydrogen) atoms. The summed E-state index contributed by atoms with van der Waals surface area (Å²) < 4.78 is 66.2. The third-order valence-electron chi connectivity index (χ3n) is 2.42. The monoisotopic (exact) mass is 307 g/mol. The smallest absolute Gasteiger partial charge is 0.200 e. The van der Waals surface area contributed by atoms with Crippen molar-refractivity contribution in [3.05, 3.63) is 51.9 Å². The molecule has 1 aromatic heterocycles. The summed E-state index contributed by atoms with van der Waals surface area (Å²) in [6.07, 6.45) is 0.295. The lowest BCUT2D eigenvalue weighted by atomic mass is 10.1. The van der Waals surface area contributed by atoms with Crippen LogP contribution in [0.5, 0.6) is 0 Å². The standard InChI is InChI=1S/C12H3ClF5NO/c13-6-2-4(3-20)1-5(19-6)7-8(14)10(16)12(18)11(17)9(7)15/h1-3H. The summed E-state index contributed by atoms with van der Waals surface area (Å²) in [5.41, 5.74) is -2.00. The summed E-state index contributed by atoms with van der Waals surface area (Å²) in [4.78, 5) is 14.1.